The summed E-state index contributed by atoms with van der Waals surface area (Å²) in [6.07, 6.45) is 1.55. The number of aromatic nitrogens is 2. The predicted octanol–water partition coefficient (Wildman–Crippen LogP) is 3.30. The Morgan fingerprint density at radius 1 is 1.19 bits per heavy atom. The fraction of sp³-hybridized carbons (Fsp3) is 0.875. The molecule has 5 nitrogen and oxygen atoms in total. The molecule has 0 aliphatic carbocycles. The lowest BCUT2D eigenvalue weighted by atomic mass is 9.84. The summed E-state index contributed by atoms with van der Waals surface area (Å²) in [5.41, 5.74) is -0.329. The van der Waals surface area contributed by atoms with Gasteiger partial charge in [-0.25, -0.2) is 0 Å². The molecule has 0 aliphatic heterocycles. The Kier molecular flexibility index (Phi) is 6.35. The van der Waals surface area contributed by atoms with E-state index in [0.717, 1.165) is 19.4 Å². The van der Waals surface area contributed by atoms with Gasteiger partial charge in [0.05, 0.1) is 0 Å². The number of rotatable bonds is 8. The van der Waals surface area contributed by atoms with Gasteiger partial charge < -0.3 is 14.6 Å². The van der Waals surface area contributed by atoms with Crippen molar-refractivity contribution in [2.24, 2.45) is 5.41 Å². The number of likely N-dealkylation sites (N-methyl/N-ethyl adjacent to an activating group) is 1. The molecule has 1 N–H and O–H groups in total. The van der Waals surface area contributed by atoms with Crippen LogP contribution in [0, 0.1) is 5.41 Å². The van der Waals surface area contributed by atoms with E-state index in [1.165, 1.54) is 0 Å². The summed E-state index contributed by atoms with van der Waals surface area (Å²) in [6.45, 7) is 16.4. The Morgan fingerprint density at radius 3 is 2.33 bits per heavy atom. The molecule has 1 rings (SSSR count). The monoisotopic (exact) mass is 297 g/mol. The predicted molar refractivity (Wildman–Crippen MR) is 84.2 cm³/mol. The molecule has 5 heteroatoms. The molecule has 0 saturated carbocycles. The minimum absolute atomic E-state index is 0.138. The van der Waals surface area contributed by atoms with Gasteiger partial charge in [0.15, 0.2) is 0 Å². The normalized spacial score (nSPS) is 16.7. The lowest BCUT2D eigenvalue weighted by Gasteiger charge is -2.30. The van der Waals surface area contributed by atoms with Gasteiger partial charge in [-0.15, -0.1) is 0 Å². The van der Waals surface area contributed by atoms with Crippen LogP contribution in [0.25, 0.3) is 0 Å². The molecule has 0 saturated heterocycles. The zero-order chi connectivity index (χ0) is 16.1. The molecule has 1 heterocycles. The van der Waals surface area contributed by atoms with Crippen LogP contribution in [0.2, 0.25) is 0 Å². The van der Waals surface area contributed by atoms with Crippen LogP contribution in [0.4, 0.5) is 0 Å². The van der Waals surface area contributed by atoms with Crippen LogP contribution in [-0.4, -0.2) is 29.3 Å². The molecule has 0 radical (unpaired) electrons. The molecule has 0 amide bonds. The fourth-order valence-corrected chi connectivity index (χ4v) is 2.30. The smallest absolute Gasteiger partial charge is 0.228 e. The van der Waals surface area contributed by atoms with E-state index in [4.69, 9.17) is 9.26 Å². The van der Waals surface area contributed by atoms with Crippen molar-refractivity contribution in [1.82, 2.24) is 15.5 Å². The highest BCUT2D eigenvalue weighted by Crippen LogP contribution is 2.27. The van der Waals surface area contributed by atoms with E-state index >= 15 is 0 Å². The molecule has 0 aromatic carbocycles. The van der Waals surface area contributed by atoms with Gasteiger partial charge in [0, 0.05) is 19.1 Å². The van der Waals surface area contributed by atoms with Gasteiger partial charge in [0.25, 0.3) is 0 Å². The Balaban J connectivity index is 2.87. The first-order valence-corrected chi connectivity index (χ1v) is 7.97. The highest BCUT2D eigenvalue weighted by atomic mass is 16.5. The van der Waals surface area contributed by atoms with Crippen molar-refractivity contribution in [2.45, 2.75) is 73.0 Å². The number of ether oxygens (including phenoxy) is 1. The van der Waals surface area contributed by atoms with Crippen molar-refractivity contribution in [2.75, 3.05) is 13.2 Å². The summed E-state index contributed by atoms with van der Waals surface area (Å²) >= 11 is 0. The molecular formula is C16H31N3O2. The zero-order valence-corrected chi connectivity index (χ0v) is 14.6. The van der Waals surface area contributed by atoms with Crippen LogP contribution in [-0.2, 0) is 16.8 Å². The Labute approximate surface area is 128 Å². The Morgan fingerprint density at radius 2 is 1.86 bits per heavy atom. The number of nitrogens with zero attached hydrogens (tertiary/aromatic N) is 2. The zero-order valence-electron chi connectivity index (χ0n) is 14.6. The number of hydrogen-bond acceptors (Lipinski definition) is 5. The first-order valence-electron chi connectivity index (χ1n) is 7.97. The van der Waals surface area contributed by atoms with E-state index in [1.54, 1.807) is 0 Å². The summed E-state index contributed by atoms with van der Waals surface area (Å²) < 4.78 is 11.2. The van der Waals surface area contributed by atoms with Crippen molar-refractivity contribution in [3.05, 3.63) is 11.7 Å². The van der Waals surface area contributed by atoms with Crippen molar-refractivity contribution in [1.29, 1.82) is 0 Å². The van der Waals surface area contributed by atoms with Gasteiger partial charge in [-0.05, 0) is 32.2 Å². The molecule has 0 fully saturated rings. The molecule has 2 unspecified atom stereocenters. The van der Waals surface area contributed by atoms with E-state index < -0.39 is 5.60 Å². The maximum atomic E-state index is 5.80. The summed E-state index contributed by atoms with van der Waals surface area (Å²) in [4.78, 5) is 4.56. The van der Waals surface area contributed by atoms with Crippen molar-refractivity contribution >= 4 is 0 Å². The summed E-state index contributed by atoms with van der Waals surface area (Å²) in [5, 5.41) is 7.63. The molecule has 1 aromatic heterocycles. The van der Waals surface area contributed by atoms with E-state index in [1.807, 2.05) is 13.8 Å². The number of nitrogens with one attached hydrogen (secondary N) is 1. The molecule has 0 bridgehead atoms. The van der Waals surface area contributed by atoms with Crippen LogP contribution >= 0.6 is 0 Å². The van der Waals surface area contributed by atoms with E-state index in [-0.39, 0.29) is 5.41 Å². The molecule has 1 aromatic rings. The molecule has 0 aliphatic rings. The number of hydrogen-bond donors (Lipinski definition) is 1. The SMILES string of the molecule is CCNC(Cc1nc(C(C)(CC)OCC)no1)C(C)(C)C. The average Bonchev–Trinajstić information content (AvgIpc) is 2.86. The van der Waals surface area contributed by atoms with Gasteiger partial charge >= 0.3 is 0 Å². The highest BCUT2D eigenvalue weighted by molar-refractivity contribution is 5.01. The molecular weight excluding hydrogens is 266 g/mol. The van der Waals surface area contributed by atoms with Crippen LogP contribution in [0.3, 0.4) is 0 Å². The third kappa shape index (κ3) is 4.78. The van der Waals surface area contributed by atoms with E-state index in [9.17, 15) is 0 Å². The second kappa shape index (κ2) is 7.36. The van der Waals surface area contributed by atoms with Crippen molar-refractivity contribution < 1.29 is 9.26 Å². The van der Waals surface area contributed by atoms with Crippen molar-refractivity contribution in [3.63, 3.8) is 0 Å². The lowest BCUT2D eigenvalue weighted by molar-refractivity contribution is -0.0403. The lowest BCUT2D eigenvalue weighted by Crippen LogP contribution is -2.42. The van der Waals surface area contributed by atoms with E-state index in [2.05, 4.69) is 50.1 Å². The molecule has 0 spiro atoms. The highest BCUT2D eigenvalue weighted by Gasteiger charge is 2.32. The maximum absolute atomic E-state index is 5.80. The third-order valence-electron chi connectivity index (χ3n) is 3.95. The van der Waals surface area contributed by atoms with E-state index in [0.29, 0.717) is 24.4 Å². The van der Waals surface area contributed by atoms with Crippen LogP contribution < -0.4 is 5.32 Å². The van der Waals surface area contributed by atoms with Gasteiger partial charge in [-0.2, -0.15) is 4.98 Å². The van der Waals surface area contributed by atoms with Crippen LogP contribution in [0.5, 0.6) is 0 Å². The van der Waals surface area contributed by atoms with Crippen molar-refractivity contribution in [3.8, 4) is 0 Å². The van der Waals surface area contributed by atoms with Crippen LogP contribution in [0.1, 0.15) is 66.6 Å². The first kappa shape index (κ1) is 18.1. The first-order chi connectivity index (χ1) is 9.76. The van der Waals surface area contributed by atoms with Gasteiger partial charge in [-0.1, -0.05) is 39.8 Å². The quantitative estimate of drug-likeness (QED) is 0.797. The maximum Gasteiger partial charge on any atom is 0.228 e. The standard InChI is InChI=1S/C16H31N3O2/c1-8-16(7,20-10-3)14-18-13(21-19-14)11-12(17-9-2)15(4,5)6/h12,17H,8-11H2,1-7H3. The van der Waals surface area contributed by atoms with Gasteiger partial charge in [-0.3, -0.25) is 0 Å². The summed E-state index contributed by atoms with van der Waals surface area (Å²) in [7, 11) is 0. The third-order valence-corrected chi connectivity index (χ3v) is 3.95. The second-order valence-corrected chi connectivity index (χ2v) is 6.71. The van der Waals surface area contributed by atoms with Crippen LogP contribution in [0.15, 0.2) is 4.52 Å². The second-order valence-electron chi connectivity index (χ2n) is 6.71. The molecule has 2 atom stereocenters. The summed E-state index contributed by atoms with van der Waals surface area (Å²) in [5.74, 6) is 1.32. The Hall–Kier alpha value is -0.940. The van der Waals surface area contributed by atoms with Gasteiger partial charge in [0.1, 0.15) is 5.60 Å². The topological polar surface area (TPSA) is 60.2 Å². The molecule has 21 heavy (non-hydrogen) atoms. The fourth-order valence-electron chi connectivity index (χ4n) is 2.30. The molecule has 122 valence electrons. The average molecular weight is 297 g/mol. The minimum Gasteiger partial charge on any atom is -0.367 e. The summed E-state index contributed by atoms with van der Waals surface area (Å²) in [6, 6.07) is 0.302. The van der Waals surface area contributed by atoms with Gasteiger partial charge in [0.2, 0.25) is 11.7 Å². The Bertz CT molecular complexity index is 425. The largest absolute Gasteiger partial charge is 0.367 e. The minimum atomic E-state index is -0.466.